The number of hydrogen-bond donors (Lipinski definition) is 0. The molecule has 0 amide bonds. The minimum absolute atomic E-state index is 1.24. The van der Waals surface area contributed by atoms with Crippen molar-refractivity contribution in [2.45, 2.75) is 61.3 Å². The topological polar surface area (TPSA) is 3.24 Å². The third-order valence-corrected chi connectivity index (χ3v) is 3.09. The Kier molecular flexibility index (Phi) is 14.7. The van der Waals surface area contributed by atoms with Gasteiger partial charge in [-0.15, -0.1) is 0 Å². The summed E-state index contributed by atoms with van der Waals surface area (Å²) in [6, 6.07) is 6.38. The van der Waals surface area contributed by atoms with Gasteiger partial charge in [-0.2, -0.15) is 0 Å². The maximum absolute atomic E-state index is 2.36. The average molecular weight is 265 g/mol. The lowest BCUT2D eigenvalue weighted by atomic mass is 10.1. The van der Waals surface area contributed by atoms with Gasteiger partial charge in [0.1, 0.15) is 0 Å². The molecule has 0 atom stereocenters. The predicted octanol–water partition coefficient (Wildman–Crippen LogP) is 5.38. The molecule has 0 aliphatic heterocycles. The minimum atomic E-state index is 1.24. The lowest BCUT2D eigenvalue weighted by Crippen LogP contribution is -2.19. The van der Waals surface area contributed by atoms with Gasteiger partial charge in [-0.3, -0.25) is 0 Å². The van der Waals surface area contributed by atoms with Crippen LogP contribution in [0.1, 0.15) is 57.2 Å². The standard InChI is InChI=1S/C9H12.C7H17N.C2H6/c1-7-5-4-6-8(2)9(7)3;1-4-6-8(3)7-5-2;1-2/h4-6H,1-3H3;4-7H2,1-3H3;1-2H3. The molecule has 1 rings (SSSR count). The second kappa shape index (κ2) is 13.6. The summed E-state index contributed by atoms with van der Waals surface area (Å²) >= 11 is 0. The third kappa shape index (κ3) is 10.8. The van der Waals surface area contributed by atoms with Crippen molar-refractivity contribution in [3.63, 3.8) is 0 Å². The van der Waals surface area contributed by atoms with Crippen LogP contribution in [0.15, 0.2) is 18.2 Å². The zero-order valence-corrected chi connectivity index (χ0v) is 14.5. The van der Waals surface area contributed by atoms with Gasteiger partial charge < -0.3 is 4.90 Å². The zero-order chi connectivity index (χ0) is 15.3. The van der Waals surface area contributed by atoms with Crippen LogP contribution >= 0.6 is 0 Å². The molecule has 0 bridgehead atoms. The molecule has 112 valence electrons. The van der Waals surface area contributed by atoms with Crippen LogP contribution in [0.3, 0.4) is 0 Å². The number of benzene rings is 1. The van der Waals surface area contributed by atoms with Crippen molar-refractivity contribution >= 4 is 0 Å². The predicted molar refractivity (Wildman–Crippen MR) is 90.1 cm³/mol. The van der Waals surface area contributed by atoms with E-state index in [-0.39, 0.29) is 0 Å². The molecule has 0 heterocycles. The van der Waals surface area contributed by atoms with E-state index in [0.717, 1.165) is 0 Å². The van der Waals surface area contributed by atoms with Crippen LogP contribution in [0.4, 0.5) is 0 Å². The molecular weight excluding hydrogens is 230 g/mol. The Morgan fingerprint density at radius 2 is 1.21 bits per heavy atom. The van der Waals surface area contributed by atoms with Gasteiger partial charge >= 0.3 is 0 Å². The molecule has 1 nitrogen and oxygen atoms in total. The monoisotopic (exact) mass is 265 g/mol. The van der Waals surface area contributed by atoms with Crippen LogP contribution in [0, 0.1) is 20.8 Å². The van der Waals surface area contributed by atoms with Crippen molar-refractivity contribution in [2.24, 2.45) is 0 Å². The van der Waals surface area contributed by atoms with Gasteiger partial charge in [-0.05, 0) is 70.4 Å². The van der Waals surface area contributed by atoms with Gasteiger partial charge in [0.2, 0.25) is 0 Å². The van der Waals surface area contributed by atoms with E-state index >= 15 is 0 Å². The molecule has 0 saturated heterocycles. The van der Waals surface area contributed by atoms with E-state index < -0.39 is 0 Å². The fourth-order valence-electron chi connectivity index (χ4n) is 1.77. The highest BCUT2D eigenvalue weighted by atomic mass is 15.1. The maximum atomic E-state index is 2.36. The molecule has 1 aromatic rings. The van der Waals surface area contributed by atoms with Gasteiger partial charge in [-0.25, -0.2) is 0 Å². The first-order valence-corrected chi connectivity index (χ1v) is 7.74. The molecule has 0 aromatic heterocycles. The molecule has 0 unspecified atom stereocenters. The molecule has 0 radical (unpaired) electrons. The molecule has 0 spiro atoms. The van der Waals surface area contributed by atoms with Crippen molar-refractivity contribution in [3.8, 4) is 0 Å². The second-order valence-corrected chi connectivity index (χ2v) is 4.82. The van der Waals surface area contributed by atoms with E-state index in [2.05, 4.69) is 64.8 Å². The summed E-state index contributed by atoms with van der Waals surface area (Å²) in [5.41, 5.74) is 4.18. The van der Waals surface area contributed by atoms with Gasteiger partial charge in [0.05, 0.1) is 0 Å². The molecule has 19 heavy (non-hydrogen) atoms. The second-order valence-electron chi connectivity index (χ2n) is 4.82. The van der Waals surface area contributed by atoms with E-state index in [0.29, 0.717) is 0 Å². The highest BCUT2D eigenvalue weighted by Gasteiger charge is 1.92. The Morgan fingerprint density at radius 3 is 1.47 bits per heavy atom. The summed E-state index contributed by atoms with van der Waals surface area (Å²) in [5.74, 6) is 0. The highest BCUT2D eigenvalue weighted by Crippen LogP contribution is 2.09. The molecule has 1 aromatic carbocycles. The van der Waals surface area contributed by atoms with Gasteiger partial charge in [0, 0.05) is 0 Å². The first-order valence-electron chi connectivity index (χ1n) is 7.74. The fraction of sp³-hybridized carbons (Fsp3) is 0.667. The Hall–Kier alpha value is -0.820. The number of rotatable bonds is 4. The quantitative estimate of drug-likeness (QED) is 0.707. The summed E-state index contributed by atoms with van der Waals surface area (Å²) in [7, 11) is 2.17. The van der Waals surface area contributed by atoms with Crippen LogP contribution in [-0.2, 0) is 0 Å². The molecule has 0 aliphatic rings. The van der Waals surface area contributed by atoms with Crippen molar-refractivity contribution < 1.29 is 0 Å². The first kappa shape index (κ1) is 20.5. The molecule has 0 N–H and O–H groups in total. The summed E-state index contributed by atoms with van der Waals surface area (Å²) in [5, 5.41) is 0. The van der Waals surface area contributed by atoms with Gasteiger partial charge in [0.15, 0.2) is 0 Å². The number of nitrogens with zero attached hydrogens (tertiary/aromatic N) is 1. The third-order valence-electron chi connectivity index (χ3n) is 3.09. The average Bonchev–Trinajstić information content (AvgIpc) is 2.40. The summed E-state index contributed by atoms with van der Waals surface area (Å²) < 4.78 is 0. The largest absolute Gasteiger partial charge is 0.306 e. The zero-order valence-electron chi connectivity index (χ0n) is 14.5. The van der Waals surface area contributed by atoms with Crippen LogP contribution < -0.4 is 0 Å². The van der Waals surface area contributed by atoms with Crippen LogP contribution in [0.5, 0.6) is 0 Å². The van der Waals surface area contributed by atoms with Crippen molar-refractivity contribution in [3.05, 3.63) is 34.9 Å². The Bertz CT molecular complexity index is 278. The van der Waals surface area contributed by atoms with E-state index in [1.807, 2.05) is 13.8 Å². The number of aryl methyl sites for hydroxylation is 2. The normalized spacial score (nSPS) is 9.32. The van der Waals surface area contributed by atoms with Crippen LogP contribution in [0.25, 0.3) is 0 Å². The van der Waals surface area contributed by atoms with Gasteiger partial charge in [0.25, 0.3) is 0 Å². The minimum Gasteiger partial charge on any atom is -0.306 e. The number of hydrogen-bond acceptors (Lipinski definition) is 1. The molecule has 0 fully saturated rings. The van der Waals surface area contributed by atoms with Gasteiger partial charge in [-0.1, -0.05) is 45.9 Å². The Morgan fingerprint density at radius 1 is 0.842 bits per heavy atom. The Labute approximate surface area is 122 Å². The SMILES string of the molecule is CC.CCCN(C)CCC.Cc1cccc(C)c1C. The van der Waals surface area contributed by atoms with Crippen LogP contribution in [-0.4, -0.2) is 25.0 Å². The first-order chi connectivity index (χ1) is 9.02. The van der Waals surface area contributed by atoms with E-state index in [4.69, 9.17) is 0 Å². The fourth-order valence-corrected chi connectivity index (χ4v) is 1.77. The van der Waals surface area contributed by atoms with Crippen LogP contribution in [0.2, 0.25) is 0 Å². The maximum Gasteiger partial charge on any atom is -0.00244 e. The summed E-state index contributed by atoms with van der Waals surface area (Å²) in [4.78, 5) is 2.36. The smallest absolute Gasteiger partial charge is 0.00244 e. The Balaban J connectivity index is 0. The van der Waals surface area contributed by atoms with Crippen molar-refractivity contribution in [2.75, 3.05) is 20.1 Å². The molecular formula is C18H35N. The van der Waals surface area contributed by atoms with E-state index in [9.17, 15) is 0 Å². The molecule has 0 saturated carbocycles. The summed E-state index contributed by atoms with van der Waals surface area (Å²) in [6.07, 6.45) is 2.55. The summed E-state index contributed by atoms with van der Waals surface area (Å²) in [6.45, 7) is 17.4. The van der Waals surface area contributed by atoms with E-state index in [1.165, 1.54) is 42.6 Å². The molecule has 0 aliphatic carbocycles. The lowest BCUT2D eigenvalue weighted by Gasteiger charge is -2.12. The van der Waals surface area contributed by atoms with Crippen molar-refractivity contribution in [1.82, 2.24) is 4.90 Å². The van der Waals surface area contributed by atoms with E-state index in [1.54, 1.807) is 0 Å². The van der Waals surface area contributed by atoms with Crippen molar-refractivity contribution in [1.29, 1.82) is 0 Å². The highest BCUT2D eigenvalue weighted by molar-refractivity contribution is 5.31. The lowest BCUT2D eigenvalue weighted by molar-refractivity contribution is 0.335. The molecule has 1 heteroatoms.